The van der Waals surface area contributed by atoms with Crippen LogP contribution in [0.4, 0.5) is 5.69 Å². The highest BCUT2D eigenvalue weighted by atomic mass is 35.5. The Hall–Kier alpha value is -2.31. The molecule has 3 rings (SSSR count). The fourth-order valence-electron chi connectivity index (χ4n) is 2.16. The van der Waals surface area contributed by atoms with E-state index >= 15 is 0 Å². The maximum Gasteiger partial charge on any atom is 0.255 e. The van der Waals surface area contributed by atoms with E-state index in [1.807, 2.05) is 0 Å². The molecular weight excluding hydrogens is 360 g/mol. The molecule has 1 aliphatic rings. The van der Waals surface area contributed by atoms with Crippen LogP contribution in [0.3, 0.4) is 0 Å². The molecule has 2 N–H and O–H groups in total. The highest BCUT2D eigenvalue weighted by Crippen LogP contribution is 2.20. The van der Waals surface area contributed by atoms with Gasteiger partial charge in [-0.2, -0.15) is 0 Å². The third-order valence-electron chi connectivity index (χ3n) is 3.61. The standard InChI is InChI=1S/C18H17ClN2O3S/c19-15-6-4-13(5-7-15)10-11-25(23,24)21-17-3-1-2-14(12-17)18(22)20-16-8-9-16/h1-7,10-12,16,21H,8-9H2,(H,20,22)/b11-10+. The molecule has 0 atom stereocenters. The summed E-state index contributed by atoms with van der Waals surface area (Å²) < 4.78 is 26.8. The molecule has 25 heavy (non-hydrogen) atoms. The molecule has 0 heterocycles. The molecule has 1 amide bonds. The second-order valence-electron chi connectivity index (χ2n) is 5.83. The molecule has 0 saturated heterocycles. The molecule has 5 nitrogen and oxygen atoms in total. The molecular formula is C18H17ClN2O3S. The van der Waals surface area contributed by atoms with Crippen LogP contribution in [-0.4, -0.2) is 20.4 Å². The smallest absolute Gasteiger partial charge is 0.255 e. The van der Waals surface area contributed by atoms with Gasteiger partial charge < -0.3 is 5.32 Å². The number of carbonyl (C=O) groups is 1. The summed E-state index contributed by atoms with van der Waals surface area (Å²) in [5, 5.41) is 4.53. The SMILES string of the molecule is O=C(NC1CC1)c1cccc(NS(=O)(=O)/C=C/c2ccc(Cl)cc2)c1. The van der Waals surface area contributed by atoms with Crippen molar-refractivity contribution in [3.05, 3.63) is 70.1 Å². The van der Waals surface area contributed by atoms with Gasteiger partial charge >= 0.3 is 0 Å². The van der Waals surface area contributed by atoms with Crippen LogP contribution < -0.4 is 10.0 Å². The molecule has 0 aromatic heterocycles. The number of amides is 1. The molecule has 0 bridgehead atoms. The summed E-state index contributed by atoms with van der Waals surface area (Å²) in [7, 11) is -3.69. The van der Waals surface area contributed by atoms with Gasteiger partial charge in [-0.25, -0.2) is 8.42 Å². The van der Waals surface area contributed by atoms with Gasteiger partial charge in [0, 0.05) is 22.3 Å². The Morgan fingerprint density at radius 1 is 1.12 bits per heavy atom. The van der Waals surface area contributed by atoms with Crippen LogP contribution in [-0.2, 0) is 10.0 Å². The maximum absolute atomic E-state index is 12.2. The zero-order valence-electron chi connectivity index (χ0n) is 13.3. The Labute approximate surface area is 151 Å². The molecule has 0 unspecified atom stereocenters. The summed E-state index contributed by atoms with van der Waals surface area (Å²) in [6, 6.07) is 13.5. The van der Waals surface area contributed by atoms with Crippen LogP contribution in [0.1, 0.15) is 28.8 Å². The average molecular weight is 377 g/mol. The quantitative estimate of drug-likeness (QED) is 0.808. The number of sulfonamides is 1. The number of rotatable bonds is 6. The molecule has 2 aromatic rings. The van der Waals surface area contributed by atoms with Crippen LogP contribution in [0, 0.1) is 0 Å². The van der Waals surface area contributed by atoms with Gasteiger partial charge in [-0.1, -0.05) is 29.8 Å². The third kappa shape index (κ3) is 5.34. The zero-order valence-corrected chi connectivity index (χ0v) is 14.8. The Kier molecular flexibility index (Phi) is 5.11. The van der Waals surface area contributed by atoms with E-state index in [9.17, 15) is 13.2 Å². The lowest BCUT2D eigenvalue weighted by atomic mass is 10.2. The number of halogens is 1. The van der Waals surface area contributed by atoms with Crippen LogP contribution in [0.25, 0.3) is 6.08 Å². The molecule has 7 heteroatoms. The van der Waals surface area contributed by atoms with Crippen molar-refractivity contribution in [3.8, 4) is 0 Å². The first-order valence-electron chi connectivity index (χ1n) is 7.79. The Bertz CT molecular complexity index is 904. The van der Waals surface area contributed by atoms with E-state index in [-0.39, 0.29) is 11.9 Å². The summed E-state index contributed by atoms with van der Waals surface area (Å²) in [4.78, 5) is 12.0. The number of benzene rings is 2. The van der Waals surface area contributed by atoms with Crippen molar-refractivity contribution in [3.63, 3.8) is 0 Å². The van der Waals surface area contributed by atoms with Gasteiger partial charge in [0.05, 0.1) is 5.41 Å². The van der Waals surface area contributed by atoms with Gasteiger partial charge in [-0.15, -0.1) is 0 Å². The van der Waals surface area contributed by atoms with Crippen LogP contribution >= 0.6 is 11.6 Å². The Balaban J connectivity index is 1.69. The van der Waals surface area contributed by atoms with Crippen LogP contribution in [0.5, 0.6) is 0 Å². The highest BCUT2D eigenvalue weighted by Gasteiger charge is 2.23. The topological polar surface area (TPSA) is 75.3 Å². The lowest BCUT2D eigenvalue weighted by Crippen LogP contribution is -2.25. The molecule has 2 aromatic carbocycles. The summed E-state index contributed by atoms with van der Waals surface area (Å²) in [6.45, 7) is 0. The molecule has 1 saturated carbocycles. The normalized spacial score (nSPS) is 14.4. The van der Waals surface area contributed by atoms with Crippen molar-refractivity contribution in [2.24, 2.45) is 0 Å². The number of hydrogen-bond donors (Lipinski definition) is 2. The van der Waals surface area contributed by atoms with E-state index in [0.29, 0.717) is 21.8 Å². The summed E-state index contributed by atoms with van der Waals surface area (Å²) >= 11 is 5.80. The highest BCUT2D eigenvalue weighted by molar-refractivity contribution is 7.95. The monoisotopic (exact) mass is 376 g/mol. The van der Waals surface area contributed by atoms with Crippen molar-refractivity contribution in [2.75, 3.05) is 4.72 Å². The van der Waals surface area contributed by atoms with E-state index in [0.717, 1.165) is 18.2 Å². The number of hydrogen-bond acceptors (Lipinski definition) is 3. The van der Waals surface area contributed by atoms with Crippen molar-refractivity contribution < 1.29 is 13.2 Å². The maximum atomic E-state index is 12.2. The number of anilines is 1. The third-order valence-corrected chi connectivity index (χ3v) is 4.87. The lowest BCUT2D eigenvalue weighted by molar-refractivity contribution is 0.0951. The predicted octanol–water partition coefficient (Wildman–Crippen LogP) is 3.64. The Morgan fingerprint density at radius 3 is 2.52 bits per heavy atom. The van der Waals surface area contributed by atoms with Crippen LogP contribution in [0.2, 0.25) is 5.02 Å². The first-order valence-corrected chi connectivity index (χ1v) is 9.71. The first kappa shape index (κ1) is 17.5. The number of carbonyl (C=O) groups excluding carboxylic acids is 1. The predicted molar refractivity (Wildman–Crippen MR) is 100.0 cm³/mol. The van der Waals surface area contributed by atoms with Crippen LogP contribution in [0.15, 0.2) is 53.9 Å². The zero-order chi connectivity index (χ0) is 17.9. The van der Waals surface area contributed by atoms with Crippen molar-refractivity contribution in [1.82, 2.24) is 5.32 Å². The minimum atomic E-state index is -3.69. The fraction of sp³-hybridized carbons (Fsp3) is 0.167. The second kappa shape index (κ2) is 7.29. The van der Waals surface area contributed by atoms with E-state index in [1.165, 1.54) is 12.1 Å². The minimum Gasteiger partial charge on any atom is -0.349 e. The minimum absolute atomic E-state index is 0.194. The second-order valence-corrected chi connectivity index (χ2v) is 7.83. The van der Waals surface area contributed by atoms with Gasteiger partial charge in [0.25, 0.3) is 15.9 Å². The van der Waals surface area contributed by atoms with E-state index in [4.69, 9.17) is 11.6 Å². The van der Waals surface area contributed by atoms with Gasteiger partial charge in [0.1, 0.15) is 0 Å². The van der Waals surface area contributed by atoms with Gasteiger partial charge in [0.15, 0.2) is 0 Å². The molecule has 1 aliphatic carbocycles. The molecule has 130 valence electrons. The largest absolute Gasteiger partial charge is 0.349 e. The van der Waals surface area contributed by atoms with Gasteiger partial charge in [-0.3, -0.25) is 9.52 Å². The molecule has 0 radical (unpaired) electrons. The van der Waals surface area contributed by atoms with Gasteiger partial charge in [0.2, 0.25) is 0 Å². The van der Waals surface area contributed by atoms with E-state index in [1.54, 1.807) is 42.5 Å². The molecule has 0 aliphatic heterocycles. The van der Waals surface area contributed by atoms with Crippen molar-refractivity contribution in [2.45, 2.75) is 18.9 Å². The first-order chi connectivity index (χ1) is 11.9. The summed E-state index contributed by atoms with van der Waals surface area (Å²) in [5.74, 6) is -0.194. The van der Waals surface area contributed by atoms with Crippen molar-refractivity contribution >= 4 is 39.3 Å². The molecule has 0 spiro atoms. The summed E-state index contributed by atoms with van der Waals surface area (Å²) in [6.07, 6.45) is 3.46. The molecule has 1 fully saturated rings. The van der Waals surface area contributed by atoms with Crippen molar-refractivity contribution in [1.29, 1.82) is 0 Å². The lowest BCUT2D eigenvalue weighted by Gasteiger charge is -2.07. The summed E-state index contributed by atoms with van der Waals surface area (Å²) in [5.41, 5.74) is 1.48. The average Bonchev–Trinajstić information content (AvgIpc) is 3.38. The van der Waals surface area contributed by atoms with E-state index in [2.05, 4.69) is 10.0 Å². The van der Waals surface area contributed by atoms with E-state index < -0.39 is 10.0 Å². The fourth-order valence-corrected chi connectivity index (χ4v) is 3.15. The Morgan fingerprint density at radius 2 is 1.84 bits per heavy atom. The number of nitrogens with one attached hydrogen (secondary N) is 2. The van der Waals surface area contributed by atoms with Gasteiger partial charge in [-0.05, 0) is 54.8 Å².